The Morgan fingerprint density at radius 3 is 2.71 bits per heavy atom. The minimum Gasteiger partial charge on any atom is -0.388 e. The first-order valence-corrected chi connectivity index (χ1v) is 6.00. The molecule has 1 atom stereocenters. The minimum absolute atomic E-state index is 0.220. The molecule has 1 aromatic carbocycles. The maximum absolute atomic E-state index is 10.1. The molecule has 3 nitrogen and oxygen atoms in total. The van der Waals surface area contributed by atoms with Gasteiger partial charge in [0.1, 0.15) is 0 Å². The topological polar surface area (TPSA) is 41.5 Å². The van der Waals surface area contributed by atoms with Gasteiger partial charge in [-0.05, 0) is 30.5 Å². The van der Waals surface area contributed by atoms with Crippen LogP contribution in [0.2, 0.25) is 0 Å². The summed E-state index contributed by atoms with van der Waals surface area (Å²) in [5.74, 6) is 0.220. The third-order valence-corrected chi connectivity index (χ3v) is 3.13. The molecule has 1 rings (SSSR count). The molecule has 3 heteroatoms. The van der Waals surface area contributed by atoms with Gasteiger partial charge in [0.25, 0.3) is 0 Å². The van der Waals surface area contributed by atoms with E-state index in [4.69, 9.17) is 4.74 Å². The van der Waals surface area contributed by atoms with Crippen LogP contribution in [0.3, 0.4) is 0 Å². The molecule has 96 valence electrons. The van der Waals surface area contributed by atoms with Crippen LogP contribution in [0.5, 0.6) is 0 Å². The minimum atomic E-state index is -0.697. The zero-order chi connectivity index (χ0) is 12.9. The molecule has 0 aliphatic rings. The van der Waals surface area contributed by atoms with Gasteiger partial charge < -0.3 is 15.2 Å². The van der Waals surface area contributed by atoms with Gasteiger partial charge in [-0.3, -0.25) is 0 Å². The Morgan fingerprint density at radius 1 is 1.41 bits per heavy atom. The van der Waals surface area contributed by atoms with Crippen LogP contribution in [0.4, 0.5) is 5.69 Å². The monoisotopic (exact) mass is 237 g/mol. The van der Waals surface area contributed by atoms with E-state index in [2.05, 4.69) is 5.32 Å². The van der Waals surface area contributed by atoms with Crippen LogP contribution in [-0.2, 0) is 11.3 Å². The number of hydrogen-bond donors (Lipinski definition) is 2. The Bertz CT molecular complexity index is 348. The van der Waals surface area contributed by atoms with E-state index >= 15 is 0 Å². The Morgan fingerprint density at radius 2 is 2.12 bits per heavy atom. The molecule has 0 aromatic heterocycles. The number of methoxy groups -OCH3 is 1. The second-order valence-electron chi connectivity index (χ2n) is 5.00. The molecule has 0 bridgehead atoms. The van der Waals surface area contributed by atoms with Gasteiger partial charge in [0.05, 0.1) is 12.2 Å². The number of anilines is 1. The zero-order valence-corrected chi connectivity index (χ0v) is 11.2. The summed E-state index contributed by atoms with van der Waals surface area (Å²) >= 11 is 0. The van der Waals surface area contributed by atoms with Crippen LogP contribution >= 0.6 is 0 Å². The normalized spacial score (nSPS) is 14.7. The molecule has 0 spiro atoms. The molecule has 0 saturated heterocycles. The zero-order valence-electron chi connectivity index (χ0n) is 11.2. The summed E-state index contributed by atoms with van der Waals surface area (Å²) in [7, 11) is 1.68. The third kappa shape index (κ3) is 4.36. The number of ether oxygens (including phenoxy) is 1. The molecule has 2 N–H and O–H groups in total. The first kappa shape index (κ1) is 14.0. The van der Waals surface area contributed by atoms with Gasteiger partial charge in [-0.15, -0.1) is 0 Å². The van der Waals surface area contributed by atoms with Gasteiger partial charge >= 0.3 is 0 Å². The van der Waals surface area contributed by atoms with Crippen molar-refractivity contribution in [2.45, 2.75) is 33.0 Å². The van der Waals surface area contributed by atoms with E-state index in [1.165, 1.54) is 0 Å². The lowest BCUT2D eigenvalue weighted by Gasteiger charge is -2.28. The number of nitrogens with one attached hydrogen (secondary N) is 1. The first-order chi connectivity index (χ1) is 7.95. The van der Waals surface area contributed by atoms with E-state index in [0.29, 0.717) is 13.2 Å². The molecular formula is C14H23NO2. The fourth-order valence-electron chi connectivity index (χ4n) is 1.42. The summed E-state index contributed by atoms with van der Waals surface area (Å²) in [6.45, 7) is 7.03. The summed E-state index contributed by atoms with van der Waals surface area (Å²) < 4.78 is 5.09. The summed E-state index contributed by atoms with van der Waals surface area (Å²) in [5.41, 5.74) is 1.44. The highest BCUT2D eigenvalue weighted by Gasteiger charge is 2.24. The van der Waals surface area contributed by atoms with Crippen molar-refractivity contribution in [3.8, 4) is 0 Å². The Hall–Kier alpha value is -1.06. The van der Waals surface area contributed by atoms with Crippen molar-refractivity contribution >= 4 is 5.69 Å². The molecule has 17 heavy (non-hydrogen) atoms. The molecule has 1 aromatic rings. The average Bonchev–Trinajstić information content (AvgIpc) is 2.27. The second kappa shape index (κ2) is 6.03. The van der Waals surface area contributed by atoms with Crippen molar-refractivity contribution in [3.63, 3.8) is 0 Å². The molecule has 0 amide bonds. The Kier molecular flexibility index (Phi) is 4.97. The van der Waals surface area contributed by atoms with Crippen molar-refractivity contribution in [2.24, 2.45) is 5.92 Å². The SMILES string of the molecule is COCc1cccc(NCC(C)(O)C(C)C)c1. The van der Waals surface area contributed by atoms with Gasteiger partial charge in [0, 0.05) is 19.3 Å². The van der Waals surface area contributed by atoms with E-state index in [1.54, 1.807) is 7.11 Å². The van der Waals surface area contributed by atoms with E-state index in [9.17, 15) is 5.11 Å². The molecule has 0 radical (unpaired) electrons. The van der Waals surface area contributed by atoms with Gasteiger partial charge in [0.15, 0.2) is 0 Å². The molecular weight excluding hydrogens is 214 g/mol. The van der Waals surface area contributed by atoms with Crippen LogP contribution in [0.15, 0.2) is 24.3 Å². The van der Waals surface area contributed by atoms with Crippen LogP contribution in [0.25, 0.3) is 0 Å². The van der Waals surface area contributed by atoms with E-state index < -0.39 is 5.60 Å². The van der Waals surface area contributed by atoms with E-state index in [0.717, 1.165) is 11.3 Å². The van der Waals surface area contributed by atoms with Crippen LogP contribution in [0.1, 0.15) is 26.3 Å². The van der Waals surface area contributed by atoms with Crippen molar-refractivity contribution in [3.05, 3.63) is 29.8 Å². The summed E-state index contributed by atoms with van der Waals surface area (Å²) in [4.78, 5) is 0. The lowest BCUT2D eigenvalue weighted by atomic mass is 9.92. The fourth-order valence-corrected chi connectivity index (χ4v) is 1.42. The molecule has 0 aliphatic carbocycles. The molecule has 0 saturated carbocycles. The summed E-state index contributed by atoms with van der Waals surface area (Å²) in [5, 5.41) is 13.4. The van der Waals surface area contributed by atoms with Gasteiger partial charge in [-0.25, -0.2) is 0 Å². The van der Waals surface area contributed by atoms with Crippen molar-refractivity contribution in [1.29, 1.82) is 0 Å². The average molecular weight is 237 g/mol. The molecule has 0 heterocycles. The highest BCUT2D eigenvalue weighted by molar-refractivity contribution is 5.45. The van der Waals surface area contributed by atoms with Crippen LogP contribution in [-0.4, -0.2) is 24.4 Å². The van der Waals surface area contributed by atoms with E-state index in [1.807, 2.05) is 45.0 Å². The highest BCUT2D eigenvalue weighted by atomic mass is 16.5. The summed E-state index contributed by atoms with van der Waals surface area (Å²) in [6, 6.07) is 8.05. The quantitative estimate of drug-likeness (QED) is 0.799. The number of aliphatic hydroxyl groups is 1. The van der Waals surface area contributed by atoms with Gasteiger partial charge in [0.2, 0.25) is 0 Å². The third-order valence-electron chi connectivity index (χ3n) is 3.13. The van der Waals surface area contributed by atoms with Crippen molar-refractivity contribution < 1.29 is 9.84 Å². The fraction of sp³-hybridized carbons (Fsp3) is 0.571. The maximum atomic E-state index is 10.1. The van der Waals surface area contributed by atoms with Crippen LogP contribution < -0.4 is 5.32 Å². The maximum Gasteiger partial charge on any atom is 0.0813 e. The Balaban J connectivity index is 2.60. The summed E-state index contributed by atoms with van der Waals surface area (Å²) in [6.07, 6.45) is 0. The lowest BCUT2D eigenvalue weighted by molar-refractivity contribution is 0.0266. The van der Waals surface area contributed by atoms with Crippen molar-refractivity contribution in [2.75, 3.05) is 19.0 Å². The molecule has 0 fully saturated rings. The first-order valence-electron chi connectivity index (χ1n) is 6.00. The lowest BCUT2D eigenvalue weighted by Crippen LogP contribution is -2.38. The Labute approximate surface area is 104 Å². The van der Waals surface area contributed by atoms with E-state index in [-0.39, 0.29) is 5.92 Å². The highest BCUT2D eigenvalue weighted by Crippen LogP contribution is 2.18. The largest absolute Gasteiger partial charge is 0.388 e. The number of rotatable bonds is 6. The van der Waals surface area contributed by atoms with Gasteiger partial charge in [-0.2, -0.15) is 0 Å². The molecule has 0 aliphatic heterocycles. The smallest absolute Gasteiger partial charge is 0.0813 e. The van der Waals surface area contributed by atoms with Crippen molar-refractivity contribution in [1.82, 2.24) is 0 Å². The number of hydrogen-bond acceptors (Lipinski definition) is 3. The number of benzene rings is 1. The predicted octanol–water partition coefficient (Wildman–Crippen LogP) is 2.65. The van der Waals surface area contributed by atoms with Crippen LogP contribution in [0, 0.1) is 5.92 Å². The second-order valence-corrected chi connectivity index (χ2v) is 5.00. The predicted molar refractivity (Wildman–Crippen MR) is 71.1 cm³/mol. The van der Waals surface area contributed by atoms with Gasteiger partial charge in [-0.1, -0.05) is 26.0 Å². The molecule has 1 unspecified atom stereocenters. The standard InChI is InChI=1S/C14H23NO2/c1-11(2)14(3,16)10-15-13-7-5-6-12(8-13)9-17-4/h5-8,11,15-16H,9-10H2,1-4H3.